The second-order valence-corrected chi connectivity index (χ2v) is 4.15. The largest absolute Gasteiger partial charge is 0.479 e. The fourth-order valence-electron chi connectivity index (χ4n) is 1.41. The highest BCUT2D eigenvalue weighted by Crippen LogP contribution is 2.29. The Balaban J connectivity index is 3.01. The van der Waals surface area contributed by atoms with Crippen LogP contribution in [-0.2, 0) is 4.79 Å². The second-order valence-electron chi connectivity index (χ2n) is 3.71. The summed E-state index contributed by atoms with van der Waals surface area (Å²) in [7, 11) is 0. The molecule has 4 nitrogen and oxygen atoms in total. The van der Waals surface area contributed by atoms with E-state index in [0.29, 0.717) is 22.8 Å². The van der Waals surface area contributed by atoms with Gasteiger partial charge in [-0.25, -0.2) is 4.79 Å². The molecule has 0 heterocycles. The second kappa shape index (κ2) is 5.89. The fraction of sp³-hybridized carbons (Fsp3) is 0.417. The molecule has 0 fully saturated rings. The number of aliphatic carboxylic acids is 1. The van der Waals surface area contributed by atoms with Gasteiger partial charge in [-0.1, -0.05) is 18.5 Å². The Morgan fingerprint density at radius 3 is 2.65 bits per heavy atom. The first-order chi connectivity index (χ1) is 7.95. The molecule has 17 heavy (non-hydrogen) atoms. The van der Waals surface area contributed by atoms with Crippen molar-refractivity contribution < 1.29 is 19.7 Å². The predicted octanol–water partition coefficient (Wildman–Crippen LogP) is 2.64. The topological polar surface area (TPSA) is 66.8 Å². The minimum atomic E-state index is -1.03. The average Bonchev–Trinajstić information content (AvgIpc) is 2.26. The van der Waals surface area contributed by atoms with Gasteiger partial charge in [0.15, 0.2) is 6.10 Å². The molecule has 2 N–H and O–H groups in total. The number of carboxylic acids is 1. The van der Waals surface area contributed by atoms with Crippen LogP contribution < -0.4 is 4.74 Å². The third-order valence-corrected chi connectivity index (χ3v) is 2.57. The van der Waals surface area contributed by atoms with Crippen molar-refractivity contribution in [1.29, 1.82) is 0 Å². The van der Waals surface area contributed by atoms with Crippen LogP contribution in [0.1, 0.15) is 31.9 Å². The van der Waals surface area contributed by atoms with Crippen molar-refractivity contribution in [2.75, 3.05) is 0 Å². The van der Waals surface area contributed by atoms with Crippen LogP contribution in [0.25, 0.3) is 0 Å². The third kappa shape index (κ3) is 3.61. The van der Waals surface area contributed by atoms with Gasteiger partial charge in [0.05, 0.1) is 6.10 Å². The standard InChI is InChI=1S/C12H15ClO4/c1-3-10(12(15)16)17-11-5-4-8(13)6-9(11)7(2)14/h4-7,10,14H,3H2,1-2H3,(H,15,16)/t7-,10?/m1/s1. The minimum absolute atomic E-state index is 0.344. The molecule has 2 atom stereocenters. The van der Waals surface area contributed by atoms with E-state index in [-0.39, 0.29) is 0 Å². The highest BCUT2D eigenvalue weighted by atomic mass is 35.5. The summed E-state index contributed by atoms with van der Waals surface area (Å²) in [4.78, 5) is 10.9. The number of hydrogen-bond donors (Lipinski definition) is 2. The van der Waals surface area contributed by atoms with E-state index < -0.39 is 18.2 Å². The molecule has 0 bridgehead atoms. The third-order valence-electron chi connectivity index (χ3n) is 2.34. The van der Waals surface area contributed by atoms with Crippen LogP contribution in [0.4, 0.5) is 0 Å². The number of ether oxygens (including phenoxy) is 1. The maximum absolute atomic E-state index is 10.9. The number of benzene rings is 1. The first kappa shape index (κ1) is 13.8. The SMILES string of the molecule is CCC(Oc1ccc(Cl)cc1[C@@H](C)O)C(=O)O. The van der Waals surface area contributed by atoms with Crippen LogP contribution >= 0.6 is 11.6 Å². The van der Waals surface area contributed by atoms with Crippen molar-refractivity contribution in [3.63, 3.8) is 0 Å². The van der Waals surface area contributed by atoms with Crippen molar-refractivity contribution in [3.05, 3.63) is 28.8 Å². The van der Waals surface area contributed by atoms with Crippen LogP contribution in [0.15, 0.2) is 18.2 Å². The lowest BCUT2D eigenvalue weighted by molar-refractivity contribution is -0.145. The quantitative estimate of drug-likeness (QED) is 0.852. The summed E-state index contributed by atoms with van der Waals surface area (Å²) in [5, 5.41) is 18.9. The van der Waals surface area contributed by atoms with Gasteiger partial charge in [-0.05, 0) is 31.5 Å². The summed E-state index contributed by atoms with van der Waals surface area (Å²) in [5.41, 5.74) is 0.484. The Kier molecular flexibility index (Phi) is 4.78. The predicted molar refractivity (Wildman–Crippen MR) is 64.4 cm³/mol. The Labute approximate surface area is 105 Å². The monoisotopic (exact) mass is 258 g/mol. The highest BCUT2D eigenvalue weighted by Gasteiger charge is 2.19. The zero-order valence-electron chi connectivity index (χ0n) is 9.68. The van der Waals surface area contributed by atoms with Crippen molar-refractivity contribution in [1.82, 2.24) is 0 Å². The molecule has 0 saturated heterocycles. The number of rotatable bonds is 5. The molecule has 1 unspecified atom stereocenters. The molecule has 0 saturated carbocycles. The Morgan fingerprint density at radius 1 is 1.53 bits per heavy atom. The number of hydrogen-bond acceptors (Lipinski definition) is 3. The Bertz CT molecular complexity index is 403. The maximum atomic E-state index is 10.9. The van der Waals surface area contributed by atoms with Crippen LogP contribution in [0.5, 0.6) is 5.75 Å². The van der Waals surface area contributed by atoms with Crippen molar-refractivity contribution in [2.45, 2.75) is 32.5 Å². The molecule has 1 aromatic rings. The van der Waals surface area contributed by atoms with Gasteiger partial charge in [0.1, 0.15) is 5.75 Å². The first-order valence-corrected chi connectivity index (χ1v) is 5.70. The Hall–Kier alpha value is -1.26. The summed E-state index contributed by atoms with van der Waals surface area (Å²) >= 11 is 5.81. The molecule has 94 valence electrons. The van der Waals surface area contributed by atoms with E-state index in [1.165, 1.54) is 0 Å². The number of carboxylic acid groups (broad SMARTS) is 1. The molecule has 0 aliphatic rings. The minimum Gasteiger partial charge on any atom is -0.479 e. The molecule has 0 aromatic heterocycles. The zero-order valence-corrected chi connectivity index (χ0v) is 10.4. The summed E-state index contributed by atoms with van der Waals surface area (Å²) in [5.74, 6) is -0.683. The van der Waals surface area contributed by atoms with E-state index in [9.17, 15) is 9.90 Å². The van der Waals surface area contributed by atoms with E-state index in [4.69, 9.17) is 21.4 Å². The molecule has 5 heteroatoms. The molecular weight excluding hydrogens is 244 g/mol. The lowest BCUT2D eigenvalue weighted by Gasteiger charge is -2.17. The lowest BCUT2D eigenvalue weighted by atomic mass is 10.1. The van der Waals surface area contributed by atoms with Gasteiger partial charge >= 0.3 is 5.97 Å². The number of carbonyl (C=O) groups is 1. The van der Waals surface area contributed by atoms with Gasteiger partial charge in [-0.15, -0.1) is 0 Å². The lowest BCUT2D eigenvalue weighted by Crippen LogP contribution is -2.26. The zero-order chi connectivity index (χ0) is 13.0. The van der Waals surface area contributed by atoms with E-state index >= 15 is 0 Å². The van der Waals surface area contributed by atoms with E-state index in [1.54, 1.807) is 32.0 Å². The smallest absolute Gasteiger partial charge is 0.344 e. The highest BCUT2D eigenvalue weighted by molar-refractivity contribution is 6.30. The van der Waals surface area contributed by atoms with Crippen LogP contribution in [-0.4, -0.2) is 22.3 Å². The molecule has 1 rings (SSSR count). The average molecular weight is 259 g/mol. The molecule has 0 aliphatic carbocycles. The number of aliphatic hydroxyl groups excluding tert-OH is 1. The summed E-state index contributed by atoms with van der Waals surface area (Å²) in [6, 6.07) is 4.73. The van der Waals surface area contributed by atoms with Crippen LogP contribution in [0.2, 0.25) is 5.02 Å². The Morgan fingerprint density at radius 2 is 2.18 bits per heavy atom. The van der Waals surface area contributed by atoms with Crippen molar-refractivity contribution in [2.24, 2.45) is 0 Å². The van der Waals surface area contributed by atoms with Gasteiger partial charge in [-0.3, -0.25) is 0 Å². The van der Waals surface area contributed by atoms with Crippen molar-refractivity contribution >= 4 is 17.6 Å². The summed E-state index contributed by atoms with van der Waals surface area (Å²) < 4.78 is 5.35. The molecule has 0 aliphatic heterocycles. The van der Waals surface area contributed by atoms with Crippen LogP contribution in [0, 0.1) is 0 Å². The van der Waals surface area contributed by atoms with E-state index in [1.807, 2.05) is 0 Å². The normalized spacial score (nSPS) is 14.1. The molecular formula is C12H15ClO4. The summed E-state index contributed by atoms with van der Waals surface area (Å²) in [6.45, 7) is 3.29. The molecule has 0 amide bonds. The van der Waals surface area contributed by atoms with Gasteiger partial charge in [0.25, 0.3) is 0 Å². The number of aliphatic hydroxyl groups is 1. The maximum Gasteiger partial charge on any atom is 0.344 e. The first-order valence-electron chi connectivity index (χ1n) is 5.32. The van der Waals surface area contributed by atoms with Crippen molar-refractivity contribution in [3.8, 4) is 5.75 Å². The summed E-state index contributed by atoms with van der Waals surface area (Å²) in [6.07, 6.45) is -1.35. The molecule has 1 aromatic carbocycles. The van der Waals surface area contributed by atoms with Crippen LogP contribution in [0.3, 0.4) is 0 Å². The molecule has 0 spiro atoms. The van der Waals surface area contributed by atoms with Gasteiger partial charge in [0.2, 0.25) is 0 Å². The van der Waals surface area contributed by atoms with Gasteiger partial charge in [-0.2, -0.15) is 0 Å². The number of halogens is 1. The van der Waals surface area contributed by atoms with Gasteiger partial charge < -0.3 is 14.9 Å². The fourth-order valence-corrected chi connectivity index (χ4v) is 1.60. The molecule has 0 radical (unpaired) electrons. The van der Waals surface area contributed by atoms with Gasteiger partial charge in [0, 0.05) is 10.6 Å². The van der Waals surface area contributed by atoms with E-state index in [0.717, 1.165) is 0 Å². The van der Waals surface area contributed by atoms with E-state index in [2.05, 4.69) is 0 Å².